The number of benzene rings is 1. The molecule has 7 nitrogen and oxygen atoms in total. The Balaban J connectivity index is 1.24. The Morgan fingerprint density at radius 3 is 2.68 bits per heavy atom. The van der Waals surface area contributed by atoms with Crippen molar-refractivity contribution >= 4 is 22.4 Å². The minimum Gasteiger partial charge on any atom is -0.378 e. The normalized spacial score (nSPS) is 15.8. The lowest BCUT2D eigenvalue weighted by Crippen LogP contribution is -2.38. The van der Waals surface area contributed by atoms with E-state index in [1.165, 1.54) is 5.56 Å². The van der Waals surface area contributed by atoms with Gasteiger partial charge in [0.15, 0.2) is 11.1 Å². The molecule has 31 heavy (non-hydrogen) atoms. The molecular weight excluding hydrogens is 408 g/mol. The average Bonchev–Trinajstić information content (AvgIpc) is 3.27. The fourth-order valence-corrected chi connectivity index (χ4v) is 4.34. The Bertz CT molecular complexity index is 786. The molecule has 0 spiro atoms. The number of aliphatic imine (C=N–C) groups is 1. The molecular formula is C23H36N6OS. The third kappa shape index (κ3) is 8.12. The summed E-state index contributed by atoms with van der Waals surface area (Å²) in [6, 6.07) is 10.7. The number of anilines is 1. The number of aromatic nitrogens is 1. The van der Waals surface area contributed by atoms with E-state index in [1.54, 1.807) is 18.4 Å². The van der Waals surface area contributed by atoms with Gasteiger partial charge in [-0.25, -0.2) is 4.98 Å². The Kier molecular flexibility index (Phi) is 9.58. The first kappa shape index (κ1) is 23.5. The molecule has 1 aliphatic heterocycles. The SMILES string of the molecule is CN=C(NCCCOC1CCN(Cc2ccccc2)CC1)NCc1csc(N(C)C)n1. The monoisotopic (exact) mass is 444 g/mol. The highest BCUT2D eigenvalue weighted by Crippen LogP contribution is 2.18. The molecule has 0 bridgehead atoms. The highest BCUT2D eigenvalue weighted by atomic mass is 32.1. The molecule has 0 atom stereocenters. The van der Waals surface area contributed by atoms with E-state index in [4.69, 9.17) is 4.74 Å². The topological polar surface area (TPSA) is 65.0 Å². The van der Waals surface area contributed by atoms with E-state index in [9.17, 15) is 0 Å². The number of piperidine rings is 1. The summed E-state index contributed by atoms with van der Waals surface area (Å²) >= 11 is 1.65. The van der Waals surface area contributed by atoms with Crippen molar-refractivity contribution in [3.63, 3.8) is 0 Å². The first-order valence-electron chi connectivity index (χ1n) is 11.1. The average molecular weight is 445 g/mol. The molecule has 170 valence electrons. The van der Waals surface area contributed by atoms with Crippen LogP contribution in [-0.2, 0) is 17.8 Å². The van der Waals surface area contributed by atoms with Crippen LogP contribution in [0.25, 0.3) is 0 Å². The van der Waals surface area contributed by atoms with Crippen molar-refractivity contribution in [2.45, 2.75) is 38.5 Å². The maximum Gasteiger partial charge on any atom is 0.191 e. The summed E-state index contributed by atoms with van der Waals surface area (Å²) in [5.74, 6) is 0.800. The first-order chi connectivity index (χ1) is 15.1. The van der Waals surface area contributed by atoms with Gasteiger partial charge < -0.3 is 20.3 Å². The van der Waals surface area contributed by atoms with Gasteiger partial charge in [-0.1, -0.05) is 30.3 Å². The number of likely N-dealkylation sites (tertiary alicyclic amines) is 1. The van der Waals surface area contributed by atoms with E-state index in [1.807, 2.05) is 19.0 Å². The van der Waals surface area contributed by atoms with E-state index in [-0.39, 0.29) is 0 Å². The van der Waals surface area contributed by atoms with Gasteiger partial charge in [0.05, 0.1) is 18.3 Å². The lowest BCUT2D eigenvalue weighted by atomic mass is 10.1. The van der Waals surface area contributed by atoms with Gasteiger partial charge in [0, 0.05) is 59.3 Å². The van der Waals surface area contributed by atoms with E-state index >= 15 is 0 Å². The molecule has 2 heterocycles. The van der Waals surface area contributed by atoms with Crippen LogP contribution in [0.4, 0.5) is 5.13 Å². The van der Waals surface area contributed by atoms with Crippen LogP contribution < -0.4 is 15.5 Å². The van der Waals surface area contributed by atoms with Gasteiger partial charge in [-0.15, -0.1) is 11.3 Å². The Morgan fingerprint density at radius 1 is 1.23 bits per heavy atom. The fraction of sp³-hybridized carbons (Fsp3) is 0.565. The molecule has 0 saturated carbocycles. The molecule has 0 amide bonds. The molecule has 1 aliphatic rings. The Labute approximate surface area is 190 Å². The summed E-state index contributed by atoms with van der Waals surface area (Å²) < 4.78 is 6.11. The second-order valence-electron chi connectivity index (χ2n) is 8.05. The van der Waals surface area contributed by atoms with Crippen molar-refractivity contribution < 1.29 is 4.74 Å². The number of ether oxygens (including phenoxy) is 1. The first-order valence-corrected chi connectivity index (χ1v) is 12.0. The lowest BCUT2D eigenvalue weighted by Gasteiger charge is -2.32. The molecule has 8 heteroatoms. The van der Waals surface area contributed by atoms with E-state index < -0.39 is 0 Å². The molecule has 2 N–H and O–H groups in total. The zero-order chi connectivity index (χ0) is 21.9. The van der Waals surface area contributed by atoms with Crippen LogP contribution in [0.5, 0.6) is 0 Å². The van der Waals surface area contributed by atoms with E-state index in [2.05, 4.69) is 61.2 Å². The molecule has 1 aromatic carbocycles. The summed E-state index contributed by atoms with van der Waals surface area (Å²) in [5, 5.41) is 9.77. The van der Waals surface area contributed by atoms with Crippen LogP contribution in [0.2, 0.25) is 0 Å². The molecule has 2 aromatic rings. The molecule has 0 radical (unpaired) electrons. The summed E-state index contributed by atoms with van der Waals surface area (Å²) in [5.41, 5.74) is 2.42. The van der Waals surface area contributed by atoms with Crippen molar-refractivity contribution in [1.29, 1.82) is 0 Å². The quantitative estimate of drug-likeness (QED) is 0.334. The largest absolute Gasteiger partial charge is 0.378 e. The van der Waals surface area contributed by atoms with Gasteiger partial charge >= 0.3 is 0 Å². The second kappa shape index (κ2) is 12.6. The number of nitrogens with zero attached hydrogens (tertiary/aromatic N) is 4. The number of nitrogens with one attached hydrogen (secondary N) is 2. The van der Waals surface area contributed by atoms with Crippen LogP contribution in [-0.4, -0.2) is 69.3 Å². The smallest absolute Gasteiger partial charge is 0.191 e. The maximum atomic E-state index is 6.11. The van der Waals surface area contributed by atoms with Gasteiger partial charge in [0.2, 0.25) is 0 Å². The maximum absolute atomic E-state index is 6.11. The van der Waals surface area contributed by atoms with Crippen molar-refractivity contribution in [2.75, 3.05) is 52.3 Å². The van der Waals surface area contributed by atoms with Crippen LogP contribution >= 0.6 is 11.3 Å². The third-order valence-electron chi connectivity index (χ3n) is 5.33. The van der Waals surface area contributed by atoms with Crippen molar-refractivity contribution in [2.24, 2.45) is 4.99 Å². The molecule has 0 aliphatic carbocycles. The Hall–Kier alpha value is -2.16. The van der Waals surface area contributed by atoms with Crippen molar-refractivity contribution in [3.8, 4) is 0 Å². The van der Waals surface area contributed by atoms with Crippen molar-refractivity contribution in [3.05, 3.63) is 47.0 Å². The summed E-state index contributed by atoms with van der Waals surface area (Å²) in [4.78, 5) is 13.4. The number of thiazole rings is 1. The second-order valence-corrected chi connectivity index (χ2v) is 8.89. The predicted octanol–water partition coefficient (Wildman–Crippen LogP) is 2.95. The Morgan fingerprint density at radius 2 is 2.00 bits per heavy atom. The fourth-order valence-electron chi connectivity index (χ4n) is 3.58. The minimum atomic E-state index is 0.389. The number of hydrogen-bond donors (Lipinski definition) is 2. The van der Waals surface area contributed by atoms with Gasteiger partial charge in [0.1, 0.15) is 0 Å². The summed E-state index contributed by atoms with van der Waals surface area (Å²) in [7, 11) is 5.81. The molecule has 0 unspecified atom stereocenters. The highest BCUT2D eigenvalue weighted by Gasteiger charge is 2.19. The zero-order valence-electron chi connectivity index (χ0n) is 19.0. The molecule has 1 fully saturated rings. The minimum absolute atomic E-state index is 0.389. The molecule has 1 saturated heterocycles. The number of rotatable bonds is 10. The van der Waals surface area contributed by atoms with Gasteiger partial charge in [-0.2, -0.15) is 0 Å². The lowest BCUT2D eigenvalue weighted by molar-refractivity contribution is 0.00534. The predicted molar refractivity (Wildman–Crippen MR) is 130 cm³/mol. The third-order valence-corrected chi connectivity index (χ3v) is 6.39. The van der Waals surface area contributed by atoms with Crippen LogP contribution in [0.1, 0.15) is 30.5 Å². The zero-order valence-corrected chi connectivity index (χ0v) is 19.8. The van der Waals surface area contributed by atoms with Gasteiger partial charge in [-0.05, 0) is 24.8 Å². The standard InChI is InChI=1S/C23H36N6OS/c1-24-22(26-16-20-18-31-23(27-20)28(2)3)25-12-7-15-30-21-10-13-29(14-11-21)17-19-8-5-4-6-9-19/h4-6,8-9,18,21H,7,10-17H2,1-3H3,(H2,24,25,26). The molecule has 1 aromatic heterocycles. The highest BCUT2D eigenvalue weighted by molar-refractivity contribution is 7.13. The van der Waals surface area contributed by atoms with Crippen LogP contribution in [0.15, 0.2) is 40.7 Å². The van der Waals surface area contributed by atoms with Crippen LogP contribution in [0.3, 0.4) is 0 Å². The van der Waals surface area contributed by atoms with E-state index in [0.29, 0.717) is 12.6 Å². The van der Waals surface area contributed by atoms with Crippen LogP contribution in [0, 0.1) is 0 Å². The number of hydrogen-bond acceptors (Lipinski definition) is 6. The van der Waals surface area contributed by atoms with E-state index in [0.717, 1.165) is 68.8 Å². The molecule has 3 rings (SSSR count). The van der Waals surface area contributed by atoms with Crippen molar-refractivity contribution in [1.82, 2.24) is 20.5 Å². The summed E-state index contributed by atoms with van der Waals surface area (Å²) in [6.07, 6.45) is 3.59. The number of guanidine groups is 1. The van der Waals surface area contributed by atoms with Gasteiger partial charge in [-0.3, -0.25) is 9.89 Å². The summed E-state index contributed by atoms with van der Waals surface area (Å²) in [6.45, 7) is 5.56. The van der Waals surface area contributed by atoms with Gasteiger partial charge in [0.25, 0.3) is 0 Å².